The lowest BCUT2D eigenvalue weighted by Gasteiger charge is -2.18. The summed E-state index contributed by atoms with van der Waals surface area (Å²) in [6.45, 7) is 4.75. The summed E-state index contributed by atoms with van der Waals surface area (Å²) < 4.78 is 5.45. The van der Waals surface area contributed by atoms with Crippen LogP contribution >= 0.6 is 11.6 Å². The smallest absolute Gasteiger partial charge is 0.317 e. The largest absolute Gasteiger partial charge is 0.381 e. The third-order valence-electron chi connectivity index (χ3n) is 3.10. The average Bonchev–Trinajstić information content (AvgIpc) is 2.48. The third kappa shape index (κ3) is 7.34. The van der Waals surface area contributed by atoms with E-state index in [1.54, 1.807) is 11.9 Å². The van der Waals surface area contributed by atoms with Crippen LogP contribution in [0.15, 0.2) is 24.3 Å². The average molecular weight is 313 g/mol. The summed E-state index contributed by atoms with van der Waals surface area (Å²) in [5.74, 6) is 0. The Hall–Kier alpha value is -1.26. The van der Waals surface area contributed by atoms with Gasteiger partial charge in [0.2, 0.25) is 0 Å². The van der Waals surface area contributed by atoms with Crippen LogP contribution in [-0.2, 0) is 11.3 Å². The maximum absolute atomic E-state index is 11.9. The van der Waals surface area contributed by atoms with Crippen LogP contribution in [0, 0.1) is 0 Å². The Labute approximate surface area is 132 Å². The zero-order valence-electron chi connectivity index (χ0n) is 12.9. The molecule has 1 aromatic rings. The Morgan fingerprint density at radius 1 is 1.29 bits per heavy atom. The van der Waals surface area contributed by atoms with Crippen LogP contribution in [0.2, 0.25) is 5.02 Å². The zero-order valence-corrected chi connectivity index (χ0v) is 13.7. The number of nitrogens with one attached hydrogen (secondary N) is 1. The van der Waals surface area contributed by atoms with Crippen molar-refractivity contribution >= 4 is 17.6 Å². The van der Waals surface area contributed by atoms with E-state index in [2.05, 4.69) is 12.2 Å². The fourth-order valence-electron chi connectivity index (χ4n) is 1.81. The fourth-order valence-corrected chi connectivity index (χ4v) is 2.00. The molecule has 0 heterocycles. The molecule has 0 aliphatic heterocycles. The lowest BCUT2D eigenvalue weighted by atomic mass is 10.2. The molecule has 0 saturated heterocycles. The number of ether oxygens (including phenoxy) is 1. The Bertz CT molecular complexity index is 426. The number of rotatable bonds is 9. The van der Waals surface area contributed by atoms with Crippen molar-refractivity contribution in [3.8, 4) is 0 Å². The molecule has 1 N–H and O–H groups in total. The predicted molar refractivity (Wildman–Crippen MR) is 86.7 cm³/mol. The first-order valence-corrected chi connectivity index (χ1v) is 7.83. The van der Waals surface area contributed by atoms with Crippen molar-refractivity contribution < 1.29 is 9.53 Å². The number of carbonyl (C=O) groups excluding carboxylic acids is 1. The first-order chi connectivity index (χ1) is 10.1. The van der Waals surface area contributed by atoms with Gasteiger partial charge in [0.05, 0.1) is 0 Å². The second-order valence-corrected chi connectivity index (χ2v) is 5.41. The first kappa shape index (κ1) is 17.8. The summed E-state index contributed by atoms with van der Waals surface area (Å²) in [6, 6.07) is 7.46. The van der Waals surface area contributed by atoms with Gasteiger partial charge in [-0.05, 0) is 24.5 Å². The maximum Gasteiger partial charge on any atom is 0.317 e. The van der Waals surface area contributed by atoms with Gasteiger partial charge in [-0.2, -0.15) is 0 Å². The molecule has 1 aromatic carbocycles. The van der Waals surface area contributed by atoms with E-state index in [0.717, 1.165) is 31.4 Å². The highest BCUT2D eigenvalue weighted by Crippen LogP contribution is 2.16. The summed E-state index contributed by atoms with van der Waals surface area (Å²) >= 11 is 6.09. The van der Waals surface area contributed by atoms with E-state index in [9.17, 15) is 4.79 Å². The minimum atomic E-state index is -0.0940. The highest BCUT2D eigenvalue weighted by Gasteiger charge is 2.09. The molecule has 0 saturated carbocycles. The minimum Gasteiger partial charge on any atom is -0.381 e. The molecule has 0 atom stereocenters. The van der Waals surface area contributed by atoms with E-state index in [0.29, 0.717) is 24.7 Å². The van der Waals surface area contributed by atoms with Crippen molar-refractivity contribution in [3.63, 3.8) is 0 Å². The van der Waals surface area contributed by atoms with E-state index in [1.807, 2.05) is 24.3 Å². The van der Waals surface area contributed by atoms with Crippen LogP contribution in [0.1, 0.15) is 31.7 Å². The fraction of sp³-hybridized carbons (Fsp3) is 0.562. The number of hydrogen-bond donors (Lipinski definition) is 1. The van der Waals surface area contributed by atoms with Crippen molar-refractivity contribution in [1.29, 1.82) is 0 Å². The minimum absolute atomic E-state index is 0.0940. The van der Waals surface area contributed by atoms with Gasteiger partial charge in [0.15, 0.2) is 0 Å². The summed E-state index contributed by atoms with van der Waals surface area (Å²) in [5, 5.41) is 3.56. The number of hydrogen-bond acceptors (Lipinski definition) is 2. The molecule has 0 radical (unpaired) electrons. The summed E-state index contributed by atoms with van der Waals surface area (Å²) in [5.41, 5.74) is 0.944. The molecule has 0 spiro atoms. The van der Waals surface area contributed by atoms with Gasteiger partial charge in [-0.15, -0.1) is 0 Å². The van der Waals surface area contributed by atoms with E-state index < -0.39 is 0 Å². The summed E-state index contributed by atoms with van der Waals surface area (Å²) in [6.07, 6.45) is 3.06. The van der Waals surface area contributed by atoms with E-state index in [-0.39, 0.29) is 6.03 Å². The van der Waals surface area contributed by atoms with Gasteiger partial charge in [-0.1, -0.05) is 43.1 Å². The number of benzene rings is 1. The van der Waals surface area contributed by atoms with Gasteiger partial charge < -0.3 is 15.0 Å². The Morgan fingerprint density at radius 2 is 2.00 bits per heavy atom. The molecular formula is C16H25ClN2O2. The van der Waals surface area contributed by atoms with Gasteiger partial charge in [-0.25, -0.2) is 4.79 Å². The maximum atomic E-state index is 11.9. The lowest BCUT2D eigenvalue weighted by molar-refractivity contribution is 0.128. The molecule has 21 heavy (non-hydrogen) atoms. The molecule has 0 aliphatic carbocycles. The van der Waals surface area contributed by atoms with Gasteiger partial charge in [-0.3, -0.25) is 0 Å². The quantitative estimate of drug-likeness (QED) is 0.707. The highest BCUT2D eigenvalue weighted by molar-refractivity contribution is 6.31. The topological polar surface area (TPSA) is 41.6 Å². The SMILES string of the molecule is CCCCOCCCNC(=O)N(C)Cc1ccccc1Cl. The van der Waals surface area contributed by atoms with E-state index in [4.69, 9.17) is 16.3 Å². The van der Waals surface area contributed by atoms with Gasteiger partial charge >= 0.3 is 6.03 Å². The molecule has 0 bridgehead atoms. The lowest BCUT2D eigenvalue weighted by Crippen LogP contribution is -2.37. The molecule has 0 aliphatic rings. The van der Waals surface area contributed by atoms with Crippen molar-refractivity contribution in [2.24, 2.45) is 0 Å². The monoisotopic (exact) mass is 312 g/mol. The molecule has 0 unspecified atom stereocenters. The number of urea groups is 1. The van der Waals surface area contributed by atoms with Gasteiger partial charge in [0, 0.05) is 38.4 Å². The van der Waals surface area contributed by atoms with Crippen LogP contribution in [0.3, 0.4) is 0 Å². The molecule has 118 valence electrons. The molecule has 4 nitrogen and oxygen atoms in total. The van der Waals surface area contributed by atoms with Crippen molar-refractivity contribution in [2.45, 2.75) is 32.7 Å². The van der Waals surface area contributed by atoms with Crippen LogP contribution in [0.5, 0.6) is 0 Å². The van der Waals surface area contributed by atoms with Gasteiger partial charge in [0.25, 0.3) is 0 Å². The Morgan fingerprint density at radius 3 is 2.71 bits per heavy atom. The van der Waals surface area contributed by atoms with E-state index >= 15 is 0 Å². The number of halogens is 1. The van der Waals surface area contributed by atoms with Gasteiger partial charge in [0.1, 0.15) is 0 Å². The molecule has 2 amide bonds. The van der Waals surface area contributed by atoms with Crippen LogP contribution in [0.4, 0.5) is 4.79 Å². The number of unbranched alkanes of at least 4 members (excludes halogenated alkanes) is 1. The molecule has 5 heteroatoms. The molecule has 0 fully saturated rings. The second kappa shape index (κ2) is 10.5. The molecular weight excluding hydrogens is 288 g/mol. The zero-order chi connectivity index (χ0) is 15.5. The summed E-state index contributed by atoms with van der Waals surface area (Å²) in [4.78, 5) is 13.5. The normalized spacial score (nSPS) is 10.4. The molecule has 0 aromatic heterocycles. The first-order valence-electron chi connectivity index (χ1n) is 7.45. The number of nitrogens with zero attached hydrogens (tertiary/aromatic N) is 1. The molecule has 1 rings (SSSR count). The van der Waals surface area contributed by atoms with Crippen LogP contribution in [0.25, 0.3) is 0 Å². The third-order valence-corrected chi connectivity index (χ3v) is 3.46. The summed E-state index contributed by atoms with van der Waals surface area (Å²) in [7, 11) is 1.76. The Kier molecular flexibility index (Phi) is 8.87. The van der Waals surface area contributed by atoms with Crippen LogP contribution < -0.4 is 5.32 Å². The number of amides is 2. The highest BCUT2D eigenvalue weighted by atomic mass is 35.5. The van der Waals surface area contributed by atoms with Crippen LogP contribution in [-0.4, -0.2) is 37.7 Å². The van der Waals surface area contributed by atoms with Crippen molar-refractivity contribution in [2.75, 3.05) is 26.8 Å². The number of carbonyl (C=O) groups is 1. The van der Waals surface area contributed by atoms with Crippen molar-refractivity contribution in [1.82, 2.24) is 10.2 Å². The van der Waals surface area contributed by atoms with Crippen molar-refractivity contribution in [3.05, 3.63) is 34.9 Å². The second-order valence-electron chi connectivity index (χ2n) is 5.00. The van der Waals surface area contributed by atoms with E-state index in [1.165, 1.54) is 0 Å². The standard InChI is InChI=1S/C16H25ClN2O2/c1-3-4-11-21-12-7-10-18-16(20)19(2)13-14-8-5-6-9-15(14)17/h5-6,8-9H,3-4,7,10-13H2,1-2H3,(H,18,20). The predicted octanol–water partition coefficient (Wildman–Crippen LogP) is 3.69. The Balaban J connectivity index is 2.18.